The minimum absolute atomic E-state index is 0.0820. The van der Waals surface area contributed by atoms with Gasteiger partial charge in [-0.15, -0.1) is 0 Å². The molecule has 0 aliphatic rings. The molecule has 1 atom stereocenters. The Morgan fingerprint density at radius 3 is 2.50 bits per heavy atom. The van der Waals surface area contributed by atoms with E-state index in [1.54, 1.807) is 13.8 Å². The summed E-state index contributed by atoms with van der Waals surface area (Å²) in [6.45, 7) is 6.47. The van der Waals surface area contributed by atoms with Gasteiger partial charge in [0, 0.05) is 6.42 Å². The van der Waals surface area contributed by atoms with Crippen molar-refractivity contribution in [1.82, 2.24) is 0 Å². The summed E-state index contributed by atoms with van der Waals surface area (Å²) in [6.07, 6.45) is 1.30. The van der Waals surface area contributed by atoms with Gasteiger partial charge in [-0.3, -0.25) is 0 Å². The van der Waals surface area contributed by atoms with Crippen molar-refractivity contribution in [2.24, 2.45) is 0 Å². The highest BCUT2D eigenvalue weighted by Gasteiger charge is 2.20. The Balaban J connectivity index is 4.36. The molecular weight excluding hydrogens is 159 g/mol. The second kappa shape index (κ2) is 4.26. The zero-order valence-electron chi connectivity index (χ0n) is 7.47. The van der Waals surface area contributed by atoms with Gasteiger partial charge in [-0.25, -0.2) is 4.39 Å². The highest BCUT2D eigenvalue weighted by molar-refractivity contribution is 5.13. The fourth-order valence-corrected chi connectivity index (χ4v) is 0.688. The van der Waals surface area contributed by atoms with Gasteiger partial charge in [-0.2, -0.15) is 0 Å². The SMILES string of the molecule is C=C/C(F)=C(/O)C[C@](C)(O)CC. The van der Waals surface area contributed by atoms with E-state index in [2.05, 4.69) is 6.58 Å². The van der Waals surface area contributed by atoms with E-state index < -0.39 is 17.2 Å². The van der Waals surface area contributed by atoms with Crippen LogP contribution >= 0.6 is 0 Å². The van der Waals surface area contributed by atoms with Gasteiger partial charge in [0.2, 0.25) is 0 Å². The Morgan fingerprint density at radius 1 is 1.67 bits per heavy atom. The van der Waals surface area contributed by atoms with Gasteiger partial charge in [-0.1, -0.05) is 13.5 Å². The molecule has 0 aromatic carbocycles. The molecule has 0 fully saturated rings. The smallest absolute Gasteiger partial charge is 0.160 e. The third-order valence-electron chi connectivity index (χ3n) is 1.76. The molecule has 0 radical (unpaired) electrons. The predicted octanol–water partition coefficient (Wildman–Crippen LogP) is 2.46. The molecule has 12 heavy (non-hydrogen) atoms. The van der Waals surface area contributed by atoms with Crippen molar-refractivity contribution in [3.8, 4) is 0 Å². The van der Waals surface area contributed by atoms with E-state index >= 15 is 0 Å². The summed E-state index contributed by atoms with van der Waals surface area (Å²) in [5.41, 5.74) is -1.05. The maximum Gasteiger partial charge on any atom is 0.160 e. The molecule has 70 valence electrons. The number of allylic oxidation sites excluding steroid dienone is 2. The van der Waals surface area contributed by atoms with Gasteiger partial charge in [0.25, 0.3) is 0 Å². The zero-order valence-corrected chi connectivity index (χ0v) is 7.47. The third-order valence-corrected chi connectivity index (χ3v) is 1.76. The predicted molar refractivity (Wildman–Crippen MR) is 46.5 cm³/mol. The maximum absolute atomic E-state index is 12.6. The Morgan fingerprint density at radius 2 is 2.17 bits per heavy atom. The van der Waals surface area contributed by atoms with Crippen LogP contribution in [0, 0.1) is 0 Å². The first-order chi connectivity index (χ1) is 5.43. The van der Waals surface area contributed by atoms with Crippen molar-refractivity contribution in [2.75, 3.05) is 0 Å². The van der Waals surface area contributed by atoms with Crippen molar-refractivity contribution in [3.05, 3.63) is 24.2 Å². The van der Waals surface area contributed by atoms with E-state index in [0.29, 0.717) is 6.42 Å². The van der Waals surface area contributed by atoms with Gasteiger partial charge >= 0.3 is 0 Å². The lowest BCUT2D eigenvalue weighted by molar-refractivity contribution is 0.0447. The molecular formula is C9H15FO2. The Hall–Kier alpha value is -0.830. The monoisotopic (exact) mass is 174 g/mol. The van der Waals surface area contributed by atoms with Crippen LogP contribution in [0.1, 0.15) is 26.7 Å². The summed E-state index contributed by atoms with van der Waals surface area (Å²) in [4.78, 5) is 0. The molecule has 0 heterocycles. The van der Waals surface area contributed by atoms with E-state index in [9.17, 15) is 9.50 Å². The van der Waals surface area contributed by atoms with Crippen molar-refractivity contribution in [2.45, 2.75) is 32.3 Å². The van der Waals surface area contributed by atoms with Gasteiger partial charge in [0.05, 0.1) is 5.60 Å². The minimum atomic E-state index is -1.05. The second-order valence-electron chi connectivity index (χ2n) is 3.03. The lowest BCUT2D eigenvalue weighted by atomic mass is 9.98. The van der Waals surface area contributed by atoms with E-state index in [0.717, 1.165) is 6.08 Å². The number of hydrogen-bond donors (Lipinski definition) is 2. The molecule has 0 aliphatic heterocycles. The summed E-state index contributed by atoms with van der Waals surface area (Å²) < 4.78 is 12.6. The number of rotatable bonds is 4. The van der Waals surface area contributed by atoms with Gasteiger partial charge < -0.3 is 10.2 Å². The maximum atomic E-state index is 12.6. The Labute approximate surface area is 72.0 Å². The highest BCUT2D eigenvalue weighted by Crippen LogP contribution is 2.20. The molecule has 0 aromatic heterocycles. The van der Waals surface area contributed by atoms with Crippen molar-refractivity contribution >= 4 is 0 Å². The molecule has 0 unspecified atom stereocenters. The average Bonchev–Trinajstić information content (AvgIpc) is 2.02. The summed E-state index contributed by atoms with van der Waals surface area (Å²) in [6, 6.07) is 0. The molecule has 0 saturated carbocycles. The minimum Gasteiger partial charge on any atom is -0.509 e. The summed E-state index contributed by atoms with van der Waals surface area (Å²) >= 11 is 0. The third kappa shape index (κ3) is 3.53. The summed E-state index contributed by atoms with van der Waals surface area (Å²) in [5.74, 6) is -1.22. The zero-order chi connectivity index (χ0) is 9.78. The molecule has 0 aliphatic carbocycles. The summed E-state index contributed by atoms with van der Waals surface area (Å²) in [5, 5.41) is 18.5. The number of aliphatic hydroxyl groups excluding tert-OH is 1. The van der Waals surface area contributed by atoms with Crippen LogP contribution in [0.3, 0.4) is 0 Å². The second-order valence-corrected chi connectivity index (χ2v) is 3.03. The fraction of sp³-hybridized carbons (Fsp3) is 0.556. The molecule has 0 saturated heterocycles. The molecule has 3 heteroatoms. The molecule has 0 rings (SSSR count). The number of aliphatic hydroxyl groups is 2. The average molecular weight is 174 g/mol. The quantitative estimate of drug-likeness (QED) is 0.507. The first-order valence-corrected chi connectivity index (χ1v) is 3.85. The summed E-state index contributed by atoms with van der Waals surface area (Å²) in [7, 11) is 0. The van der Waals surface area contributed by atoms with Gasteiger partial charge in [-0.05, 0) is 19.4 Å². The molecule has 2 N–H and O–H groups in total. The fourth-order valence-electron chi connectivity index (χ4n) is 0.688. The van der Waals surface area contributed by atoms with Crippen molar-refractivity contribution < 1.29 is 14.6 Å². The lowest BCUT2D eigenvalue weighted by Crippen LogP contribution is -2.23. The standard InChI is InChI=1S/C9H15FO2/c1-4-7(10)8(11)6-9(3,12)5-2/h4,11-12H,1,5-6H2,2-3H3/b8-7-/t9-/m1/s1. The molecule has 0 amide bonds. The van der Waals surface area contributed by atoms with Crippen LogP contribution < -0.4 is 0 Å². The van der Waals surface area contributed by atoms with Crippen LogP contribution in [0.4, 0.5) is 4.39 Å². The highest BCUT2D eigenvalue weighted by atomic mass is 19.1. The van der Waals surface area contributed by atoms with Crippen molar-refractivity contribution in [1.29, 1.82) is 0 Å². The Kier molecular flexibility index (Phi) is 3.96. The largest absolute Gasteiger partial charge is 0.509 e. The van der Waals surface area contributed by atoms with Crippen LogP contribution in [0.5, 0.6) is 0 Å². The molecule has 2 nitrogen and oxygen atoms in total. The van der Waals surface area contributed by atoms with Gasteiger partial charge in [0.1, 0.15) is 5.76 Å². The van der Waals surface area contributed by atoms with Crippen LogP contribution in [0.25, 0.3) is 0 Å². The normalized spacial score (nSPS) is 18.0. The van der Waals surface area contributed by atoms with E-state index in [1.165, 1.54) is 0 Å². The Bertz CT molecular complexity index is 195. The topological polar surface area (TPSA) is 40.5 Å². The van der Waals surface area contributed by atoms with Crippen LogP contribution in [0.15, 0.2) is 24.2 Å². The lowest BCUT2D eigenvalue weighted by Gasteiger charge is -2.20. The van der Waals surface area contributed by atoms with Crippen LogP contribution in [-0.4, -0.2) is 15.8 Å². The van der Waals surface area contributed by atoms with Crippen LogP contribution in [0.2, 0.25) is 0 Å². The van der Waals surface area contributed by atoms with E-state index in [1.807, 2.05) is 0 Å². The first-order valence-electron chi connectivity index (χ1n) is 3.85. The number of halogens is 1. The van der Waals surface area contributed by atoms with E-state index in [-0.39, 0.29) is 6.42 Å². The van der Waals surface area contributed by atoms with Crippen LogP contribution in [-0.2, 0) is 0 Å². The van der Waals surface area contributed by atoms with Crippen molar-refractivity contribution in [3.63, 3.8) is 0 Å². The molecule has 0 spiro atoms. The molecule has 0 bridgehead atoms. The number of hydrogen-bond acceptors (Lipinski definition) is 2. The molecule has 0 aromatic rings. The first kappa shape index (κ1) is 11.2. The van der Waals surface area contributed by atoms with E-state index in [4.69, 9.17) is 5.11 Å². The van der Waals surface area contributed by atoms with Gasteiger partial charge in [0.15, 0.2) is 5.83 Å².